The van der Waals surface area contributed by atoms with Crippen molar-refractivity contribution in [3.8, 4) is 0 Å². The van der Waals surface area contributed by atoms with Crippen molar-refractivity contribution in [2.45, 2.75) is 29.5 Å². The molecule has 0 aliphatic carbocycles. The molecule has 8 aromatic rings. The highest BCUT2D eigenvalue weighted by Gasteiger charge is 2.54. The molecule has 1 unspecified atom stereocenters. The van der Waals surface area contributed by atoms with Crippen LogP contribution in [0.3, 0.4) is 0 Å². The number of carbonyl (C=O) groups excluding carboxylic acids is 2. The zero-order valence-corrected chi connectivity index (χ0v) is 39.9. The summed E-state index contributed by atoms with van der Waals surface area (Å²) in [4.78, 5) is 56.0. The number of carboxylic acids is 1. The highest BCUT2D eigenvalue weighted by atomic mass is 32.2. The van der Waals surface area contributed by atoms with Crippen LogP contribution in [0.15, 0.2) is 210 Å². The molecule has 0 radical (unpaired) electrons. The van der Waals surface area contributed by atoms with E-state index in [9.17, 15) is 14.7 Å². The Bertz CT molecular complexity index is 3050. The number of benzene rings is 6. The topological polar surface area (TPSA) is 159 Å². The van der Waals surface area contributed by atoms with Gasteiger partial charge >= 0.3 is 5.97 Å². The SMILES string of the molecule is Cc1nnsc1/C=C\C1=C(C(=O)O)N2C(=O)C(NC(=O)/C(=N\OC(c3ccccc3)(c3ccccc3)c3ccccc3)c3csc(NC(c4ccccc4)(c4ccccc4)c4ccccc4)n3)[C@@H]2SC1. The molecule has 346 valence electrons. The number of anilines is 1. The molecule has 2 aliphatic heterocycles. The maximum absolute atomic E-state index is 15.1. The number of thioether (sulfide) groups is 1. The van der Waals surface area contributed by atoms with E-state index in [0.717, 1.165) is 38.3 Å². The summed E-state index contributed by atoms with van der Waals surface area (Å²) in [5.74, 6) is -2.29. The van der Waals surface area contributed by atoms with Crippen LogP contribution in [0.2, 0.25) is 0 Å². The zero-order valence-electron chi connectivity index (χ0n) is 37.5. The number of β-lactam (4-membered cyclic amide) rings is 1. The fourth-order valence-electron chi connectivity index (χ4n) is 8.93. The fourth-order valence-corrected chi connectivity index (χ4v) is 11.5. The number of aromatic nitrogens is 3. The van der Waals surface area contributed by atoms with Gasteiger partial charge in [0.1, 0.15) is 28.3 Å². The van der Waals surface area contributed by atoms with Crippen LogP contribution >= 0.6 is 34.6 Å². The summed E-state index contributed by atoms with van der Waals surface area (Å²) in [6.45, 7) is 1.82. The van der Waals surface area contributed by atoms with E-state index >= 15 is 4.79 Å². The van der Waals surface area contributed by atoms with Crippen LogP contribution in [0.25, 0.3) is 6.08 Å². The molecule has 1 fully saturated rings. The minimum atomic E-state index is -1.36. The Morgan fingerprint density at radius 3 is 1.67 bits per heavy atom. The summed E-state index contributed by atoms with van der Waals surface area (Å²) in [5.41, 5.74) is 3.83. The summed E-state index contributed by atoms with van der Waals surface area (Å²) in [5, 5.41) is 27.5. The number of thiazole rings is 1. The molecule has 2 aliphatic rings. The molecule has 70 heavy (non-hydrogen) atoms. The summed E-state index contributed by atoms with van der Waals surface area (Å²) in [6.07, 6.45) is 3.44. The Hall–Kier alpha value is -7.98. The number of allylic oxidation sites excluding steroid dienone is 1. The standard InChI is InChI=1S/C55H43N7O5S3/c1-36-45(70-61-59-36)33-32-37-34-68-51-47(50(64)62(51)48(37)52(65)66)57-49(63)46(60-67-55(41-26-14-5-15-27-41,42-28-16-6-17-29-42)43-30-18-7-19-31-43)44-35-69-53(56-44)58-54(38-20-8-2-9-21-38,39-22-10-3-11-23-39)40-24-12-4-13-25-40/h2-33,35,47,51H,34H2,1H3,(H,56,58)(H,57,63)(H,65,66)/b33-32-,60-46-/t47?,51-/m0/s1. The molecule has 3 N–H and O–H groups in total. The Kier molecular flexibility index (Phi) is 13.0. The van der Waals surface area contributed by atoms with Gasteiger partial charge in [-0.15, -0.1) is 28.2 Å². The number of aryl methyl sites for hydroxylation is 1. The average Bonchev–Trinajstić information content (AvgIpc) is 4.06. The monoisotopic (exact) mass is 977 g/mol. The van der Waals surface area contributed by atoms with E-state index in [1.807, 2.05) is 153 Å². The number of carbonyl (C=O) groups is 3. The maximum Gasteiger partial charge on any atom is 0.352 e. The summed E-state index contributed by atoms with van der Waals surface area (Å²) in [7, 11) is 0. The number of fused-ring (bicyclic) bond motifs is 1. The lowest BCUT2D eigenvalue weighted by atomic mass is 9.77. The second-order valence-electron chi connectivity index (χ2n) is 16.4. The first-order chi connectivity index (χ1) is 34.3. The molecule has 4 heterocycles. The average molecular weight is 978 g/mol. The molecule has 10 rings (SSSR count). The van der Waals surface area contributed by atoms with Gasteiger partial charge in [0.25, 0.3) is 11.8 Å². The third-order valence-corrected chi connectivity index (χ3v) is 15.2. The van der Waals surface area contributed by atoms with Crippen LogP contribution in [0.1, 0.15) is 49.6 Å². The van der Waals surface area contributed by atoms with Gasteiger partial charge < -0.3 is 20.6 Å². The lowest BCUT2D eigenvalue weighted by Crippen LogP contribution is -2.71. The van der Waals surface area contributed by atoms with Crippen LogP contribution in [-0.2, 0) is 30.4 Å². The number of hydrogen-bond acceptors (Lipinski definition) is 12. The van der Waals surface area contributed by atoms with Crippen molar-refractivity contribution in [2.75, 3.05) is 11.1 Å². The third kappa shape index (κ3) is 8.59. The van der Waals surface area contributed by atoms with Crippen LogP contribution in [0.5, 0.6) is 0 Å². The number of nitrogens with one attached hydrogen (secondary N) is 2. The van der Waals surface area contributed by atoms with E-state index < -0.39 is 40.3 Å². The normalized spacial score (nSPS) is 16.1. The van der Waals surface area contributed by atoms with Gasteiger partial charge in [-0.05, 0) is 46.8 Å². The maximum atomic E-state index is 15.1. The molecule has 0 spiro atoms. The second kappa shape index (κ2) is 19.9. The van der Waals surface area contributed by atoms with E-state index in [-0.39, 0.29) is 22.9 Å². The van der Waals surface area contributed by atoms with Gasteiger partial charge in [0.05, 0.1) is 10.6 Å². The van der Waals surface area contributed by atoms with Crippen molar-refractivity contribution in [3.63, 3.8) is 0 Å². The van der Waals surface area contributed by atoms with Crippen molar-refractivity contribution < 1.29 is 24.3 Å². The highest BCUT2D eigenvalue weighted by Crippen LogP contribution is 2.44. The van der Waals surface area contributed by atoms with E-state index in [0.29, 0.717) is 16.4 Å². The van der Waals surface area contributed by atoms with E-state index in [4.69, 9.17) is 15.0 Å². The minimum Gasteiger partial charge on any atom is -0.477 e. The van der Waals surface area contributed by atoms with E-state index in [1.54, 1.807) is 17.5 Å². The number of carboxylic acid groups (broad SMARTS) is 1. The van der Waals surface area contributed by atoms with E-state index in [2.05, 4.69) is 56.6 Å². The smallest absolute Gasteiger partial charge is 0.352 e. The van der Waals surface area contributed by atoms with Crippen LogP contribution in [0, 0.1) is 6.92 Å². The van der Waals surface area contributed by atoms with Crippen molar-refractivity contribution in [3.05, 3.63) is 254 Å². The van der Waals surface area contributed by atoms with Gasteiger partial charge in [-0.2, -0.15) is 0 Å². The molecule has 0 bridgehead atoms. The van der Waals surface area contributed by atoms with Crippen molar-refractivity contribution >= 4 is 69.3 Å². The first kappa shape index (κ1) is 45.8. The Labute approximate surface area is 416 Å². The zero-order chi connectivity index (χ0) is 48.1. The largest absolute Gasteiger partial charge is 0.477 e. The van der Waals surface area contributed by atoms with Crippen LogP contribution < -0.4 is 10.6 Å². The number of aliphatic carboxylic acids is 1. The molecular weight excluding hydrogens is 935 g/mol. The number of nitrogens with zero attached hydrogens (tertiary/aromatic N) is 5. The molecule has 12 nitrogen and oxygen atoms in total. The van der Waals surface area contributed by atoms with Gasteiger partial charge in [0.2, 0.25) is 5.60 Å². The minimum absolute atomic E-state index is 0.143. The lowest BCUT2D eigenvalue weighted by Gasteiger charge is -2.49. The summed E-state index contributed by atoms with van der Waals surface area (Å²) >= 11 is 3.84. The number of rotatable bonds is 16. The molecule has 6 aromatic carbocycles. The molecule has 15 heteroatoms. The van der Waals surface area contributed by atoms with Gasteiger partial charge in [-0.3, -0.25) is 14.5 Å². The van der Waals surface area contributed by atoms with Gasteiger partial charge in [-0.1, -0.05) is 198 Å². The number of hydrogen-bond donors (Lipinski definition) is 3. The molecule has 0 saturated carbocycles. The van der Waals surface area contributed by atoms with Crippen LogP contribution in [-0.4, -0.2) is 65.2 Å². The third-order valence-electron chi connectivity index (χ3n) is 12.3. The van der Waals surface area contributed by atoms with Crippen LogP contribution in [0.4, 0.5) is 5.13 Å². The Balaban J connectivity index is 1.07. The summed E-state index contributed by atoms with van der Waals surface area (Å²) in [6, 6.07) is 58.2. The predicted octanol–water partition coefficient (Wildman–Crippen LogP) is 9.87. The van der Waals surface area contributed by atoms with Crippen molar-refractivity contribution in [1.82, 2.24) is 24.8 Å². The first-order valence-electron chi connectivity index (χ1n) is 22.3. The molecule has 1 saturated heterocycles. The summed E-state index contributed by atoms with van der Waals surface area (Å²) < 4.78 is 3.96. The van der Waals surface area contributed by atoms with Gasteiger partial charge in [-0.25, -0.2) is 9.78 Å². The first-order valence-corrected chi connectivity index (χ1v) is 25.0. The molecule has 2 atom stereocenters. The van der Waals surface area contributed by atoms with Crippen molar-refractivity contribution in [2.24, 2.45) is 5.16 Å². The number of oxime groups is 1. The highest BCUT2D eigenvalue weighted by molar-refractivity contribution is 8.00. The second-order valence-corrected chi connectivity index (χ2v) is 19.2. The Morgan fingerprint density at radius 1 is 0.729 bits per heavy atom. The van der Waals surface area contributed by atoms with Gasteiger partial charge in [0.15, 0.2) is 10.8 Å². The van der Waals surface area contributed by atoms with Gasteiger partial charge in [0, 0.05) is 27.8 Å². The number of amides is 2. The van der Waals surface area contributed by atoms with E-state index in [1.165, 1.54) is 39.5 Å². The molecular formula is C55H43N7O5S3. The molecule has 2 aromatic heterocycles. The quantitative estimate of drug-likeness (QED) is 0.0368. The van der Waals surface area contributed by atoms with Crippen molar-refractivity contribution in [1.29, 1.82) is 0 Å². The lowest BCUT2D eigenvalue weighted by molar-refractivity contribution is -0.150. The predicted molar refractivity (Wildman–Crippen MR) is 275 cm³/mol. The Morgan fingerprint density at radius 2 is 1.21 bits per heavy atom. The fraction of sp³-hybridized carbons (Fsp3) is 0.109. The molecule has 2 amide bonds.